The molecule has 0 spiro atoms. The number of amides is 1. The van der Waals surface area contributed by atoms with E-state index in [1.165, 1.54) is 11.2 Å². The summed E-state index contributed by atoms with van der Waals surface area (Å²) in [6, 6.07) is 0. The van der Waals surface area contributed by atoms with Crippen LogP contribution < -0.4 is 0 Å². The van der Waals surface area contributed by atoms with Crippen LogP contribution in [0.15, 0.2) is 12.0 Å². The highest BCUT2D eigenvalue weighted by atomic mass is 16.6. The van der Waals surface area contributed by atoms with E-state index in [0.717, 1.165) is 0 Å². The first-order valence-electron chi connectivity index (χ1n) is 5.56. The van der Waals surface area contributed by atoms with E-state index in [1.807, 2.05) is 6.92 Å². The summed E-state index contributed by atoms with van der Waals surface area (Å²) in [6.45, 7) is 3.29. The zero-order valence-electron chi connectivity index (χ0n) is 9.59. The van der Waals surface area contributed by atoms with Crippen molar-refractivity contribution < 1.29 is 24.2 Å². The molecule has 17 heavy (non-hydrogen) atoms. The smallest absolute Gasteiger partial charge is 0.308 e. The lowest BCUT2D eigenvalue weighted by atomic mass is 9.99. The van der Waals surface area contributed by atoms with Gasteiger partial charge in [-0.25, -0.2) is 0 Å². The number of likely N-dealkylation sites (tertiary alicyclic amines) is 1. The van der Waals surface area contributed by atoms with Crippen LogP contribution in [0.5, 0.6) is 0 Å². The third kappa shape index (κ3) is 2.35. The van der Waals surface area contributed by atoms with Crippen molar-refractivity contribution in [3.8, 4) is 0 Å². The average molecular weight is 241 g/mol. The van der Waals surface area contributed by atoms with Crippen molar-refractivity contribution in [2.45, 2.75) is 6.92 Å². The van der Waals surface area contributed by atoms with Gasteiger partial charge in [-0.2, -0.15) is 0 Å². The van der Waals surface area contributed by atoms with E-state index in [2.05, 4.69) is 0 Å². The van der Waals surface area contributed by atoms with Gasteiger partial charge in [0.25, 0.3) is 5.91 Å². The van der Waals surface area contributed by atoms with Crippen LogP contribution in [-0.4, -0.2) is 48.2 Å². The van der Waals surface area contributed by atoms with Gasteiger partial charge >= 0.3 is 5.97 Å². The molecule has 6 nitrogen and oxygen atoms in total. The van der Waals surface area contributed by atoms with E-state index < -0.39 is 11.9 Å². The van der Waals surface area contributed by atoms with Crippen molar-refractivity contribution in [2.75, 3.05) is 26.3 Å². The molecule has 1 saturated heterocycles. The minimum Gasteiger partial charge on any atom is -0.494 e. The average Bonchev–Trinajstić information content (AvgIpc) is 2.71. The van der Waals surface area contributed by atoms with Crippen LogP contribution in [0.2, 0.25) is 0 Å². The standard InChI is InChI=1S/C11H15NO5/c1-7-4-12(5-8(7)11(14)15)10(13)9-6-16-2-3-17-9/h6-8H,2-5H2,1H3,(H,14,15)/t7-,8-/m1/s1. The Bertz CT molecular complexity index is 365. The molecule has 2 atom stereocenters. The summed E-state index contributed by atoms with van der Waals surface area (Å²) in [6.07, 6.45) is 1.30. The molecule has 0 unspecified atom stereocenters. The van der Waals surface area contributed by atoms with Crippen LogP contribution in [0.3, 0.4) is 0 Å². The van der Waals surface area contributed by atoms with Gasteiger partial charge in [0.15, 0.2) is 0 Å². The molecule has 2 aliphatic rings. The number of ether oxygens (including phenoxy) is 2. The lowest BCUT2D eigenvalue weighted by Crippen LogP contribution is -2.33. The normalized spacial score (nSPS) is 28.1. The van der Waals surface area contributed by atoms with Gasteiger partial charge < -0.3 is 19.5 Å². The van der Waals surface area contributed by atoms with Crippen LogP contribution >= 0.6 is 0 Å². The summed E-state index contributed by atoms with van der Waals surface area (Å²) in [5.74, 6) is -1.53. The number of aliphatic carboxylic acids is 1. The SMILES string of the molecule is C[C@@H]1CN(C(=O)C2=COCCO2)C[C@H]1C(=O)O. The fourth-order valence-electron chi connectivity index (χ4n) is 2.09. The van der Waals surface area contributed by atoms with Crippen molar-refractivity contribution in [3.05, 3.63) is 12.0 Å². The largest absolute Gasteiger partial charge is 0.494 e. The zero-order chi connectivity index (χ0) is 12.4. The summed E-state index contributed by atoms with van der Waals surface area (Å²) in [4.78, 5) is 24.4. The molecule has 0 aliphatic carbocycles. The highest BCUT2D eigenvalue weighted by molar-refractivity contribution is 5.92. The van der Waals surface area contributed by atoms with Crippen LogP contribution in [-0.2, 0) is 19.1 Å². The van der Waals surface area contributed by atoms with Gasteiger partial charge in [0.2, 0.25) is 5.76 Å². The third-order valence-electron chi connectivity index (χ3n) is 3.08. The van der Waals surface area contributed by atoms with Crippen molar-refractivity contribution in [1.29, 1.82) is 0 Å². The van der Waals surface area contributed by atoms with Crippen LogP contribution in [0.1, 0.15) is 6.92 Å². The molecule has 2 rings (SSSR count). The summed E-state index contributed by atoms with van der Waals surface area (Å²) in [5.41, 5.74) is 0. The first-order chi connectivity index (χ1) is 8.09. The summed E-state index contributed by atoms with van der Waals surface area (Å²) in [5, 5.41) is 8.99. The molecular weight excluding hydrogens is 226 g/mol. The number of nitrogens with zero attached hydrogens (tertiary/aromatic N) is 1. The second kappa shape index (κ2) is 4.65. The highest BCUT2D eigenvalue weighted by Gasteiger charge is 2.38. The fourth-order valence-corrected chi connectivity index (χ4v) is 2.09. The molecule has 0 aromatic carbocycles. The molecule has 0 bridgehead atoms. The van der Waals surface area contributed by atoms with Crippen LogP contribution in [0.4, 0.5) is 0 Å². The van der Waals surface area contributed by atoms with E-state index in [-0.39, 0.29) is 24.1 Å². The monoisotopic (exact) mass is 241 g/mol. The number of carbonyl (C=O) groups excluding carboxylic acids is 1. The Hall–Kier alpha value is -1.72. The van der Waals surface area contributed by atoms with Crippen LogP contribution in [0.25, 0.3) is 0 Å². The van der Waals surface area contributed by atoms with Gasteiger partial charge in [-0.15, -0.1) is 0 Å². The Morgan fingerprint density at radius 3 is 2.71 bits per heavy atom. The number of hydrogen-bond acceptors (Lipinski definition) is 4. The predicted octanol–water partition coefficient (Wildman–Crippen LogP) is 0.0537. The first-order valence-corrected chi connectivity index (χ1v) is 5.56. The maximum Gasteiger partial charge on any atom is 0.308 e. The molecule has 94 valence electrons. The van der Waals surface area contributed by atoms with E-state index in [1.54, 1.807) is 0 Å². The number of carboxylic acid groups (broad SMARTS) is 1. The van der Waals surface area contributed by atoms with Crippen LogP contribution in [0, 0.1) is 11.8 Å². The second-order valence-electron chi connectivity index (χ2n) is 4.33. The molecule has 1 amide bonds. The topological polar surface area (TPSA) is 76.1 Å². The quantitative estimate of drug-likeness (QED) is 0.739. The fraction of sp³-hybridized carbons (Fsp3) is 0.636. The second-order valence-corrected chi connectivity index (χ2v) is 4.33. The van der Waals surface area contributed by atoms with Gasteiger partial charge in [-0.3, -0.25) is 9.59 Å². The van der Waals surface area contributed by atoms with Gasteiger partial charge in [-0.05, 0) is 5.92 Å². The Morgan fingerprint density at radius 1 is 1.41 bits per heavy atom. The molecule has 1 N–H and O–H groups in total. The van der Waals surface area contributed by atoms with Crippen molar-refractivity contribution in [3.63, 3.8) is 0 Å². The first kappa shape index (κ1) is 11.8. The van der Waals surface area contributed by atoms with E-state index in [4.69, 9.17) is 14.6 Å². The van der Waals surface area contributed by atoms with Gasteiger partial charge in [-0.1, -0.05) is 6.92 Å². The summed E-state index contributed by atoms with van der Waals surface area (Å²) >= 11 is 0. The molecule has 0 aromatic rings. The van der Waals surface area contributed by atoms with Crippen molar-refractivity contribution in [1.82, 2.24) is 4.90 Å². The summed E-state index contributed by atoms with van der Waals surface area (Å²) in [7, 11) is 0. The molecule has 6 heteroatoms. The Labute approximate surface area is 98.8 Å². The third-order valence-corrected chi connectivity index (χ3v) is 3.08. The molecule has 0 aromatic heterocycles. The molecule has 2 aliphatic heterocycles. The lowest BCUT2D eigenvalue weighted by molar-refractivity contribution is -0.142. The number of carbonyl (C=O) groups is 2. The molecule has 1 fully saturated rings. The minimum absolute atomic E-state index is 0.0402. The maximum absolute atomic E-state index is 12.0. The number of hydrogen-bond donors (Lipinski definition) is 1. The molecular formula is C11H15NO5. The Morgan fingerprint density at radius 2 is 2.18 bits per heavy atom. The summed E-state index contributed by atoms with van der Waals surface area (Å²) < 4.78 is 10.2. The van der Waals surface area contributed by atoms with Crippen molar-refractivity contribution in [2.24, 2.45) is 11.8 Å². The molecule has 2 heterocycles. The Kier molecular flexibility index (Phi) is 3.21. The zero-order valence-corrected chi connectivity index (χ0v) is 9.59. The Balaban J connectivity index is 2.02. The van der Waals surface area contributed by atoms with E-state index in [9.17, 15) is 9.59 Å². The van der Waals surface area contributed by atoms with Gasteiger partial charge in [0.1, 0.15) is 19.5 Å². The lowest BCUT2D eigenvalue weighted by Gasteiger charge is -2.20. The molecule has 0 saturated carbocycles. The minimum atomic E-state index is -0.859. The number of carboxylic acids is 1. The van der Waals surface area contributed by atoms with Crippen molar-refractivity contribution >= 4 is 11.9 Å². The van der Waals surface area contributed by atoms with Gasteiger partial charge in [0, 0.05) is 13.1 Å². The van der Waals surface area contributed by atoms with Gasteiger partial charge in [0.05, 0.1) is 5.92 Å². The highest BCUT2D eigenvalue weighted by Crippen LogP contribution is 2.25. The van der Waals surface area contributed by atoms with E-state index in [0.29, 0.717) is 19.8 Å². The van der Waals surface area contributed by atoms with E-state index >= 15 is 0 Å². The number of rotatable bonds is 2. The molecule has 0 radical (unpaired) electrons. The predicted molar refractivity (Wildman–Crippen MR) is 56.9 cm³/mol. The maximum atomic E-state index is 12.0.